The molecule has 0 amide bonds. The molecule has 82 valence electrons. The van der Waals surface area contributed by atoms with Crippen LogP contribution in [0.2, 0.25) is 5.02 Å². The van der Waals surface area contributed by atoms with Gasteiger partial charge in [0.05, 0.1) is 17.4 Å². The fourth-order valence-corrected chi connectivity index (χ4v) is 2.33. The van der Waals surface area contributed by atoms with Crippen LogP contribution in [0, 0.1) is 0 Å². The molecule has 1 fully saturated rings. The monoisotopic (exact) mass is 245 g/mol. The maximum absolute atomic E-state index is 5.77. The lowest BCUT2D eigenvalue weighted by Crippen LogP contribution is -2.30. The van der Waals surface area contributed by atoms with Gasteiger partial charge in [-0.25, -0.2) is 9.97 Å². The highest BCUT2D eigenvalue weighted by Crippen LogP contribution is 2.24. The van der Waals surface area contributed by atoms with E-state index in [1.165, 1.54) is 12.8 Å². The molecule has 1 aliphatic heterocycles. The van der Waals surface area contributed by atoms with E-state index in [1.54, 1.807) is 12.4 Å². The second-order valence-corrected chi connectivity index (χ2v) is 4.48. The summed E-state index contributed by atoms with van der Waals surface area (Å²) in [5.74, 6) is 1.46. The van der Waals surface area contributed by atoms with Crippen LogP contribution in [0.25, 0.3) is 0 Å². The van der Waals surface area contributed by atoms with Crippen molar-refractivity contribution in [3.63, 3.8) is 0 Å². The smallest absolute Gasteiger partial charge is 0.225 e. The van der Waals surface area contributed by atoms with Crippen LogP contribution in [0.15, 0.2) is 12.4 Å². The molecule has 0 aliphatic carbocycles. The average molecular weight is 246 g/mol. The summed E-state index contributed by atoms with van der Waals surface area (Å²) in [5.41, 5.74) is 0. The molecule has 1 saturated heterocycles. The molecule has 3 nitrogen and oxygen atoms in total. The van der Waals surface area contributed by atoms with Crippen molar-refractivity contribution in [1.29, 1.82) is 0 Å². The summed E-state index contributed by atoms with van der Waals surface area (Å²) in [6.45, 7) is 1.02. The molecular formula is C10H13Cl2N3. The van der Waals surface area contributed by atoms with E-state index in [0.717, 1.165) is 18.9 Å². The zero-order valence-corrected chi connectivity index (χ0v) is 9.88. The normalized spacial score (nSPS) is 20.9. The Morgan fingerprint density at radius 3 is 2.80 bits per heavy atom. The highest BCUT2D eigenvalue weighted by Gasteiger charge is 2.25. The lowest BCUT2D eigenvalue weighted by Gasteiger charge is -2.23. The summed E-state index contributed by atoms with van der Waals surface area (Å²) in [5, 5.41) is 0.576. The molecule has 1 unspecified atom stereocenters. The van der Waals surface area contributed by atoms with Crippen LogP contribution >= 0.6 is 23.2 Å². The first-order valence-corrected chi connectivity index (χ1v) is 6.02. The molecule has 1 aliphatic rings. The highest BCUT2D eigenvalue weighted by molar-refractivity contribution is 6.30. The van der Waals surface area contributed by atoms with Crippen molar-refractivity contribution < 1.29 is 0 Å². The number of hydrogen-bond donors (Lipinski definition) is 0. The van der Waals surface area contributed by atoms with Gasteiger partial charge in [0.2, 0.25) is 5.95 Å². The summed E-state index contributed by atoms with van der Waals surface area (Å²) >= 11 is 11.5. The van der Waals surface area contributed by atoms with Gasteiger partial charge in [0, 0.05) is 18.5 Å². The zero-order valence-electron chi connectivity index (χ0n) is 8.37. The van der Waals surface area contributed by atoms with Crippen LogP contribution in [0.3, 0.4) is 0 Å². The Balaban J connectivity index is 2.11. The SMILES string of the molecule is ClCCC1CCCN1c1ncc(Cl)cn1. The number of alkyl halides is 1. The Labute approximate surface area is 99.4 Å². The van der Waals surface area contributed by atoms with Crippen LogP contribution in [-0.4, -0.2) is 28.4 Å². The molecule has 0 saturated carbocycles. The zero-order chi connectivity index (χ0) is 10.7. The van der Waals surface area contributed by atoms with Crippen LogP contribution in [0.4, 0.5) is 5.95 Å². The average Bonchev–Trinajstić information content (AvgIpc) is 2.68. The quantitative estimate of drug-likeness (QED) is 0.768. The summed E-state index contributed by atoms with van der Waals surface area (Å²) < 4.78 is 0. The van der Waals surface area contributed by atoms with E-state index >= 15 is 0 Å². The summed E-state index contributed by atoms with van der Waals surface area (Å²) in [6.07, 6.45) is 6.64. The van der Waals surface area contributed by atoms with Crippen molar-refractivity contribution >= 4 is 29.2 Å². The van der Waals surface area contributed by atoms with Gasteiger partial charge in [-0.15, -0.1) is 11.6 Å². The van der Waals surface area contributed by atoms with Gasteiger partial charge in [0.25, 0.3) is 0 Å². The molecule has 5 heteroatoms. The van der Waals surface area contributed by atoms with Gasteiger partial charge in [-0.1, -0.05) is 11.6 Å². The van der Waals surface area contributed by atoms with E-state index in [1.807, 2.05) is 0 Å². The number of hydrogen-bond acceptors (Lipinski definition) is 3. The predicted octanol–water partition coefficient (Wildman–Crippen LogP) is 2.73. The van der Waals surface area contributed by atoms with Crippen LogP contribution in [0.1, 0.15) is 19.3 Å². The fraction of sp³-hybridized carbons (Fsp3) is 0.600. The maximum Gasteiger partial charge on any atom is 0.225 e. The molecule has 15 heavy (non-hydrogen) atoms. The summed E-state index contributed by atoms with van der Waals surface area (Å²) in [6, 6.07) is 0.490. The number of aromatic nitrogens is 2. The minimum atomic E-state index is 0.490. The largest absolute Gasteiger partial charge is 0.338 e. The second-order valence-electron chi connectivity index (χ2n) is 3.67. The Morgan fingerprint density at radius 2 is 2.13 bits per heavy atom. The second kappa shape index (κ2) is 4.99. The Hall–Kier alpha value is -0.540. The van der Waals surface area contributed by atoms with Gasteiger partial charge in [0.15, 0.2) is 0 Å². The van der Waals surface area contributed by atoms with Crippen molar-refractivity contribution in [2.75, 3.05) is 17.3 Å². The third kappa shape index (κ3) is 2.52. The predicted molar refractivity (Wildman–Crippen MR) is 62.7 cm³/mol. The van der Waals surface area contributed by atoms with Crippen molar-refractivity contribution in [3.05, 3.63) is 17.4 Å². The fourth-order valence-electron chi connectivity index (χ4n) is 1.98. The molecule has 0 N–H and O–H groups in total. The first-order chi connectivity index (χ1) is 7.31. The molecule has 0 bridgehead atoms. The molecule has 0 spiro atoms. The highest BCUT2D eigenvalue weighted by atomic mass is 35.5. The Bertz CT molecular complexity index is 315. The summed E-state index contributed by atoms with van der Waals surface area (Å²) in [7, 11) is 0. The van der Waals surface area contributed by atoms with E-state index < -0.39 is 0 Å². The lowest BCUT2D eigenvalue weighted by molar-refractivity contribution is 0.637. The van der Waals surface area contributed by atoms with E-state index in [9.17, 15) is 0 Å². The molecule has 1 aromatic rings. The number of rotatable bonds is 3. The first kappa shape index (κ1) is 11.0. The molecule has 1 aromatic heterocycles. The van der Waals surface area contributed by atoms with Gasteiger partial charge >= 0.3 is 0 Å². The number of anilines is 1. The minimum Gasteiger partial charge on any atom is -0.338 e. The molecule has 0 aromatic carbocycles. The van der Waals surface area contributed by atoms with Gasteiger partial charge < -0.3 is 4.90 Å². The number of nitrogens with zero attached hydrogens (tertiary/aromatic N) is 3. The Morgan fingerprint density at radius 1 is 1.40 bits per heavy atom. The van der Waals surface area contributed by atoms with Gasteiger partial charge in [0.1, 0.15) is 0 Å². The van der Waals surface area contributed by atoms with Crippen molar-refractivity contribution in [1.82, 2.24) is 9.97 Å². The first-order valence-electron chi connectivity index (χ1n) is 5.11. The lowest BCUT2D eigenvalue weighted by atomic mass is 10.2. The number of halogens is 2. The van der Waals surface area contributed by atoms with Gasteiger partial charge in [-0.3, -0.25) is 0 Å². The van der Waals surface area contributed by atoms with Crippen molar-refractivity contribution in [3.8, 4) is 0 Å². The molecule has 0 radical (unpaired) electrons. The van der Waals surface area contributed by atoms with E-state index in [2.05, 4.69) is 14.9 Å². The van der Waals surface area contributed by atoms with Crippen molar-refractivity contribution in [2.24, 2.45) is 0 Å². The Kier molecular flexibility index (Phi) is 3.65. The molecule has 1 atom stereocenters. The molecule has 2 rings (SSSR count). The van der Waals surface area contributed by atoms with E-state index in [-0.39, 0.29) is 0 Å². The molecule has 2 heterocycles. The van der Waals surface area contributed by atoms with E-state index in [0.29, 0.717) is 16.9 Å². The summed E-state index contributed by atoms with van der Waals surface area (Å²) in [4.78, 5) is 10.7. The standard InChI is InChI=1S/C10H13Cl2N3/c11-4-3-9-2-1-5-15(9)10-13-6-8(12)7-14-10/h6-7,9H,1-5H2. The molecular weight excluding hydrogens is 233 g/mol. The van der Waals surface area contributed by atoms with E-state index in [4.69, 9.17) is 23.2 Å². The van der Waals surface area contributed by atoms with Gasteiger partial charge in [-0.05, 0) is 19.3 Å². The third-order valence-corrected chi connectivity index (χ3v) is 3.10. The third-order valence-electron chi connectivity index (χ3n) is 2.68. The van der Waals surface area contributed by atoms with Crippen LogP contribution in [-0.2, 0) is 0 Å². The van der Waals surface area contributed by atoms with Crippen LogP contribution in [0.5, 0.6) is 0 Å². The van der Waals surface area contributed by atoms with Crippen LogP contribution < -0.4 is 4.90 Å². The minimum absolute atomic E-state index is 0.490. The van der Waals surface area contributed by atoms with Crippen molar-refractivity contribution in [2.45, 2.75) is 25.3 Å². The maximum atomic E-state index is 5.77. The van der Waals surface area contributed by atoms with Gasteiger partial charge in [-0.2, -0.15) is 0 Å². The topological polar surface area (TPSA) is 29.0 Å².